The van der Waals surface area contributed by atoms with Gasteiger partial charge in [-0.3, -0.25) is 4.79 Å². The zero-order valence-electron chi connectivity index (χ0n) is 14.5. The van der Waals surface area contributed by atoms with E-state index in [4.69, 9.17) is 0 Å². The zero-order valence-corrected chi connectivity index (χ0v) is 14.5. The fraction of sp³-hybridized carbons (Fsp3) is 0.579. The van der Waals surface area contributed by atoms with E-state index >= 15 is 0 Å². The van der Waals surface area contributed by atoms with Gasteiger partial charge >= 0.3 is 6.03 Å². The first-order valence-corrected chi connectivity index (χ1v) is 9.00. The zero-order chi connectivity index (χ0) is 16.9. The van der Waals surface area contributed by atoms with E-state index in [-0.39, 0.29) is 11.9 Å². The molecule has 0 spiro atoms. The summed E-state index contributed by atoms with van der Waals surface area (Å²) in [7, 11) is 0. The Kier molecular flexibility index (Phi) is 5.38. The Labute approximate surface area is 144 Å². The van der Waals surface area contributed by atoms with Crippen molar-refractivity contribution in [2.75, 3.05) is 26.2 Å². The predicted molar refractivity (Wildman–Crippen MR) is 93.5 cm³/mol. The van der Waals surface area contributed by atoms with Gasteiger partial charge in [0.2, 0.25) is 5.91 Å². The summed E-state index contributed by atoms with van der Waals surface area (Å²) in [4.78, 5) is 28.5. The smallest absolute Gasteiger partial charge is 0.317 e. The number of benzene rings is 1. The summed E-state index contributed by atoms with van der Waals surface area (Å²) in [5.41, 5.74) is 2.32. The molecule has 1 saturated heterocycles. The average molecular weight is 329 g/mol. The molecule has 1 N–H and O–H groups in total. The van der Waals surface area contributed by atoms with Crippen molar-refractivity contribution in [2.45, 2.75) is 39.2 Å². The van der Waals surface area contributed by atoms with Crippen molar-refractivity contribution in [1.82, 2.24) is 15.1 Å². The highest BCUT2D eigenvalue weighted by Gasteiger charge is 2.30. The largest absolute Gasteiger partial charge is 0.339 e. The van der Waals surface area contributed by atoms with Crippen LogP contribution in [0.5, 0.6) is 0 Å². The SMILES string of the molecule is Cc1ccc(CNC(=O)N2CCN(C(=O)C3CCCC3)CC2)cc1. The van der Waals surface area contributed by atoms with Crippen LogP contribution in [-0.2, 0) is 11.3 Å². The summed E-state index contributed by atoms with van der Waals surface area (Å²) >= 11 is 0. The van der Waals surface area contributed by atoms with Gasteiger partial charge in [0, 0.05) is 38.6 Å². The van der Waals surface area contributed by atoms with Gasteiger partial charge in [0.25, 0.3) is 0 Å². The van der Waals surface area contributed by atoms with Crippen LogP contribution < -0.4 is 5.32 Å². The second kappa shape index (κ2) is 7.69. The predicted octanol–water partition coefficient (Wildman–Crippen LogP) is 2.54. The maximum atomic E-state index is 12.4. The van der Waals surface area contributed by atoms with E-state index < -0.39 is 0 Å². The van der Waals surface area contributed by atoms with Gasteiger partial charge in [0.1, 0.15) is 0 Å². The number of amides is 3. The Balaban J connectivity index is 1.43. The first-order chi connectivity index (χ1) is 11.6. The number of carbonyl (C=O) groups is 2. The molecule has 0 radical (unpaired) electrons. The molecule has 1 aromatic rings. The monoisotopic (exact) mass is 329 g/mol. The minimum atomic E-state index is -0.0384. The van der Waals surface area contributed by atoms with Crippen molar-refractivity contribution >= 4 is 11.9 Å². The van der Waals surface area contributed by atoms with Crippen molar-refractivity contribution in [3.05, 3.63) is 35.4 Å². The molecule has 3 amide bonds. The second-order valence-electron chi connectivity index (χ2n) is 6.94. The van der Waals surface area contributed by atoms with Crippen molar-refractivity contribution in [1.29, 1.82) is 0 Å². The van der Waals surface area contributed by atoms with Crippen LogP contribution in [0.1, 0.15) is 36.8 Å². The number of rotatable bonds is 3. The van der Waals surface area contributed by atoms with E-state index in [0.29, 0.717) is 38.6 Å². The minimum absolute atomic E-state index is 0.0384. The van der Waals surface area contributed by atoms with Crippen LogP contribution in [0.2, 0.25) is 0 Å². The molecule has 3 rings (SSSR count). The summed E-state index contributed by atoms with van der Waals surface area (Å²) in [6, 6.07) is 8.13. The minimum Gasteiger partial charge on any atom is -0.339 e. The van der Waals surface area contributed by atoms with Gasteiger partial charge in [-0.05, 0) is 25.3 Å². The molecule has 5 heteroatoms. The molecule has 1 aliphatic carbocycles. The number of carbonyl (C=O) groups excluding carboxylic acids is 2. The van der Waals surface area contributed by atoms with Crippen molar-refractivity contribution in [2.24, 2.45) is 5.92 Å². The molecule has 0 atom stereocenters. The molecule has 24 heavy (non-hydrogen) atoms. The van der Waals surface area contributed by atoms with Crippen LogP contribution in [0.4, 0.5) is 4.79 Å². The van der Waals surface area contributed by atoms with E-state index in [9.17, 15) is 9.59 Å². The van der Waals surface area contributed by atoms with E-state index in [2.05, 4.69) is 24.4 Å². The quantitative estimate of drug-likeness (QED) is 0.926. The summed E-state index contributed by atoms with van der Waals surface area (Å²) in [5, 5.41) is 2.97. The first-order valence-electron chi connectivity index (χ1n) is 9.00. The Morgan fingerprint density at radius 1 is 1.00 bits per heavy atom. The fourth-order valence-electron chi connectivity index (χ4n) is 3.56. The third-order valence-electron chi connectivity index (χ3n) is 5.15. The molecule has 5 nitrogen and oxygen atoms in total. The molecule has 0 bridgehead atoms. The molecule has 1 saturated carbocycles. The van der Waals surface area contributed by atoms with E-state index in [0.717, 1.165) is 18.4 Å². The van der Waals surface area contributed by atoms with Crippen LogP contribution in [-0.4, -0.2) is 47.9 Å². The lowest BCUT2D eigenvalue weighted by molar-refractivity contribution is -0.136. The van der Waals surface area contributed by atoms with Gasteiger partial charge in [-0.15, -0.1) is 0 Å². The Morgan fingerprint density at radius 2 is 1.58 bits per heavy atom. The van der Waals surface area contributed by atoms with Crippen molar-refractivity contribution in [3.63, 3.8) is 0 Å². The third-order valence-corrected chi connectivity index (χ3v) is 5.15. The van der Waals surface area contributed by atoms with E-state index in [1.807, 2.05) is 21.9 Å². The number of nitrogens with zero attached hydrogens (tertiary/aromatic N) is 2. The van der Waals surface area contributed by atoms with Gasteiger partial charge in [0.15, 0.2) is 0 Å². The van der Waals surface area contributed by atoms with Gasteiger partial charge in [-0.25, -0.2) is 4.79 Å². The van der Waals surface area contributed by atoms with E-state index in [1.165, 1.54) is 18.4 Å². The fourth-order valence-corrected chi connectivity index (χ4v) is 3.56. The topological polar surface area (TPSA) is 52.7 Å². The highest BCUT2D eigenvalue weighted by Crippen LogP contribution is 2.26. The van der Waals surface area contributed by atoms with E-state index in [1.54, 1.807) is 0 Å². The molecule has 130 valence electrons. The summed E-state index contributed by atoms with van der Waals surface area (Å²) in [6.45, 7) is 5.16. The van der Waals surface area contributed by atoms with Gasteiger partial charge < -0.3 is 15.1 Å². The number of hydrogen-bond donors (Lipinski definition) is 1. The number of urea groups is 1. The molecular formula is C19H27N3O2. The number of nitrogens with one attached hydrogen (secondary N) is 1. The van der Waals surface area contributed by atoms with Crippen molar-refractivity contribution < 1.29 is 9.59 Å². The third kappa shape index (κ3) is 4.08. The Bertz CT molecular complexity index is 571. The Morgan fingerprint density at radius 3 is 2.21 bits per heavy atom. The second-order valence-corrected chi connectivity index (χ2v) is 6.94. The lowest BCUT2D eigenvalue weighted by atomic mass is 10.1. The molecule has 1 heterocycles. The maximum Gasteiger partial charge on any atom is 0.317 e. The summed E-state index contributed by atoms with van der Waals surface area (Å²) in [5.74, 6) is 0.527. The number of hydrogen-bond acceptors (Lipinski definition) is 2. The maximum absolute atomic E-state index is 12.4. The lowest BCUT2D eigenvalue weighted by Crippen LogP contribution is -2.53. The number of piperazine rings is 1. The standard InChI is InChI=1S/C19H27N3O2/c1-15-6-8-16(9-7-15)14-20-19(24)22-12-10-21(11-13-22)18(23)17-4-2-3-5-17/h6-9,17H,2-5,10-14H2,1H3,(H,20,24). The van der Waals surface area contributed by atoms with Gasteiger partial charge in [-0.2, -0.15) is 0 Å². The molecule has 0 unspecified atom stereocenters. The Hall–Kier alpha value is -2.04. The van der Waals surface area contributed by atoms with Crippen LogP contribution in [0.15, 0.2) is 24.3 Å². The molecular weight excluding hydrogens is 302 g/mol. The van der Waals surface area contributed by atoms with Crippen LogP contribution in [0.25, 0.3) is 0 Å². The summed E-state index contributed by atoms with van der Waals surface area (Å²) in [6.07, 6.45) is 4.43. The first kappa shape index (κ1) is 16.8. The highest BCUT2D eigenvalue weighted by molar-refractivity contribution is 5.80. The molecule has 2 fully saturated rings. The molecule has 1 aromatic carbocycles. The average Bonchev–Trinajstić information content (AvgIpc) is 3.15. The van der Waals surface area contributed by atoms with Crippen molar-refractivity contribution in [3.8, 4) is 0 Å². The molecule has 0 aromatic heterocycles. The van der Waals surface area contributed by atoms with Crippen LogP contribution >= 0.6 is 0 Å². The van der Waals surface area contributed by atoms with Gasteiger partial charge in [-0.1, -0.05) is 42.7 Å². The highest BCUT2D eigenvalue weighted by atomic mass is 16.2. The van der Waals surface area contributed by atoms with Gasteiger partial charge in [0.05, 0.1) is 0 Å². The molecule has 2 aliphatic rings. The number of aryl methyl sites for hydroxylation is 1. The van der Waals surface area contributed by atoms with Crippen LogP contribution in [0, 0.1) is 12.8 Å². The summed E-state index contributed by atoms with van der Waals surface area (Å²) < 4.78 is 0. The molecule has 1 aliphatic heterocycles. The normalized spacial score (nSPS) is 18.7. The lowest BCUT2D eigenvalue weighted by Gasteiger charge is -2.36. The van der Waals surface area contributed by atoms with Crippen LogP contribution in [0.3, 0.4) is 0 Å².